The minimum atomic E-state index is -1.10. The van der Waals surface area contributed by atoms with E-state index < -0.39 is 24.0 Å². The smallest absolute Gasteiger partial charge is 0.437 e. The van der Waals surface area contributed by atoms with E-state index in [-0.39, 0.29) is 18.8 Å². The zero-order valence-electron chi connectivity index (χ0n) is 11.8. The van der Waals surface area contributed by atoms with Crippen LogP contribution in [0.4, 0.5) is 9.59 Å². The maximum absolute atomic E-state index is 12.1. The number of hydrogen-bond donors (Lipinski definition) is 0. The lowest BCUT2D eigenvalue weighted by atomic mass is 10.1. The van der Waals surface area contributed by atoms with Gasteiger partial charge in [-0.2, -0.15) is 0 Å². The third-order valence-corrected chi connectivity index (χ3v) is 2.39. The molecule has 1 aliphatic rings. The van der Waals surface area contributed by atoms with Crippen LogP contribution >= 0.6 is 0 Å². The predicted octanol–water partition coefficient (Wildman–Crippen LogP) is 1.22. The van der Waals surface area contributed by atoms with Crippen LogP contribution in [0.2, 0.25) is 0 Å². The summed E-state index contributed by atoms with van der Waals surface area (Å²) >= 11 is 0. The summed E-state index contributed by atoms with van der Waals surface area (Å²) in [5.41, 5.74) is 0.146. The third kappa shape index (κ3) is 2.63. The summed E-state index contributed by atoms with van der Waals surface area (Å²) < 4.78 is 9.35. The van der Waals surface area contributed by atoms with E-state index in [0.717, 1.165) is 0 Å². The van der Waals surface area contributed by atoms with Crippen molar-refractivity contribution in [2.75, 3.05) is 13.2 Å². The number of carbonyl (C=O) groups is 4. The highest BCUT2D eigenvalue weighted by Gasteiger charge is 2.50. The Balaban J connectivity index is 3.25. The van der Waals surface area contributed by atoms with E-state index in [1.807, 2.05) is 0 Å². The highest BCUT2D eigenvalue weighted by Crippen LogP contribution is 2.24. The summed E-state index contributed by atoms with van der Waals surface area (Å²) in [6.45, 7) is 6.13. The summed E-state index contributed by atoms with van der Waals surface area (Å²) in [4.78, 5) is 47.7. The van der Waals surface area contributed by atoms with Crippen molar-refractivity contribution in [3.05, 3.63) is 11.1 Å². The fourth-order valence-electron chi connectivity index (χ4n) is 1.61. The van der Waals surface area contributed by atoms with Crippen molar-refractivity contribution in [1.82, 2.24) is 10.0 Å². The van der Waals surface area contributed by atoms with Gasteiger partial charge in [-0.15, -0.1) is 10.0 Å². The number of amides is 4. The van der Waals surface area contributed by atoms with Crippen LogP contribution in [0.15, 0.2) is 11.1 Å². The number of rotatable bonds is 2. The molecule has 0 atom stereocenters. The van der Waals surface area contributed by atoms with E-state index in [4.69, 9.17) is 0 Å². The maximum atomic E-state index is 12.1. The number of nitrogens with zero attached hydrogens (tertiary/aromatic N) is 2. The summed E-state index contributed by atoms with van der Waals surface area (Å²) in [5.74, 6) is -1.80. The van der Waals surface area contributed by atoms with Gasteiger partial charge in [-0.1, -0.05) is 5.57 Å². The second-order valence-corrected chi connectivity index (χ2v) is 4.01. The molecule has 0 aromatic rings. The number of allylic oxidation sites excluding steroid dienone is 1. The summed E-state index contributed by atoms with van der Waals surface area (Å²) in [6, 6.07) is 0. The average Bonchev–Trinajstić information content (AvgIpc) is 2.61. The molecule has 0 aliphatic carbocycles. The molecule has 0 aromatic heterocycles. The van der Waals surface area contributed by atoms with Crippen molar-refractivity contribution < 1.29 is 28.7 Å². The minimum Gasteiger partial charge on any atom is -0.448 e. The third-order valence-electron chi connectivity index (χ3n) is 2.39. The van der Waals surface area contributed by atoms with Gasteiger partial charge in [0.05, 0.1) is 13.2 Å². The Bertz CT molecular complexity index is 454. The summed E-state index contributed by atoms with van der Waals surface area (Å²) in [7, 11) is 0. The highest BCUT2D eigenvalue weighted by atomic mass is 16.6. The van der Waals surface area contributed by atoms with Crippen LogP contribution in [-0.4, -0.2) is 47.2 Å². The lowest BCUT2D eigenvalue weighted by Gasteiger charge is -2.21. The SMILES string of the molecule is CCOC(=O)N1C(=O)C(=C(C)C)C(=O)N1C(=O)OCC. The highest BCUT2D eigenvalue weighted by molar-refractivity contribution is 6.29. The molecule has 0 aromatic carbocycles. The van der Waals surface area contributed by atoms with Crippen molar-refractivity contribution in [1.29, 1.82) is 0 Å². The van der Waals surface area contributed by atoms with E-state index in [2.05, 4.69) is 9.47 Å². The van der Waals surface area contributed by atoms with Crippen LogP contribution in [0, 0.1) is 0 Å². The molecule has 0 bridgehead atoms. The van der Waals surface area contributed by atoms with E-state index in [1.165, 1.54) is 27.7 Å². The molecule has 0 unspecified atom stereocenters. The fourth-order valence-corrected chi connectivity index (χ4v) is 1.61. The van der Waals surface area contributed by atoms with Crippen LogP contribution in [0.25, 0.3) is 0 Å². The Kier molecular flexibility index (Phi) is 4.84. The first kappa shape index (κ1) is 15.7. The van der Waals surface area contributed by atoms with Crippen LogP contribution in [0.1, 0.15) is 27.7 Å². The Morgan fingerprint density at radius 2 is 1.25 bits per heavy atom. The predicted molar refractivity (Wildman–Crippen MR) is 66.1 cm³/mol. The van der Waals surface area contributed by atoms with E-state index >= 15 is 0 Å². The number of hydrazine groups is 1. The topological polar surface area (TPSA) is 93.2 Å². The molecule has 0 radical (unpaired) electrons. The average molecular weight is 284 g/mol. The van der Waals surface area contributed by atoms with Gasteiger partial charge in [-0.05, 0) is 27.7 Å². The van der Waals surface area contributed by atoms with Crippen LogP contribution in [-0.2, 0) is 19.1 Å². The van der Waals surface area contributed by atoms with Crippen molar-refractivity contribution in [3.8, 4) is 0 Å². The van der Waals surface area contributed by atoms with Gasteiger partial charge < -0.3 is 9.47 Å². The minimum absolute atomic E-state index is 0.00236. The van der Waals surface area contributed by atoms with Gasteiger partial charge in [0.15, 0.2) is 0 Å². The monoisotopic (exact) mass is 284 g/mol. The Hall–Kier alpha value is -2.38. The maximum Gasteiger partial charge on any atom is 0.437 e. The van der Waals surface area contributed by atoms with E-state index in [0.29, 0.717) is 15.6 Å². The largest absolute Gasteiger partial charge is 0.448 e. The second kappa shape index (κ2) is 6.18. The molecule has 8 nitrogen and oxygen atoms in total. The molecule has 0 N–H and O–H groups in total. The first-order chi connectivity index (χ1) is 9.36. The molecule has 8 heteroatoms. The van der Waals surface area contributed by atoms with Gasteiger partial charge in [0.1, 0.15) is 5.57 Å². The van der Waals surface area contributed by atoms with Gasteiger partial charge in [0.25, 0.3) is 11.8 Å². The number of hydrogen-bond acceptors (Lipinski definition) is 6. The normalized spacial score (nSPS) is 14.7. The summed E-state index contributed by atoms with van der Waals surface area (Å²) in [5, 5.41) is 0.707. The lowest BCUT2D eigenvalue weighted by molar-refractivity contribution is -0.140. The molecule has 0 saturated carbocycles. The van der Waals surface area contributed by atoms with Gasteiger partial charge in [0, 0.05) is 0 Å². The van der Waals surface area contributed by atoms with Gasteiger partial charge >= 0.3 is 12.2 Å². The van der Waals surface area contributed by atoms with E-state index in [9.17, 15) is 19.2 Å². The van der Waals surface area contributed by atoms with Gasteiger partial charge in [-0.25, -0.2) is 9.59 Å². The van der Waals surface area contributed by atoms with Crippen LogP contribution < -0.4 is 0 Å². The molecule has 0 spiro atoms. The number of carbonyl (C=O) groups excluding carboxylic acids is 4. The Morgan fingerprint density at radius 1 is 0.900 bits per heavy atom. The molecule has 4 amide bonds. The molecular weight excluding hydrogens is 268 g/mol. The van der Waals surface area contributed by atoms with Crippen molar-refractivity contribution in [3.63, 3.8) is 0 Å². The zero-order chi connectivity index (χ0) is 15.4. The first-order valence-corrected chi connectivity index (χ1v) is 6.06. The summed E-state index contributed by atoms with van der Waals surface area (Å²) in [6.07, 6.45) is -2.20. The number of imide groups is 2. The molecule has 110 valence electrons. The zero-order valence-corrected chi connectivity index (χ0v) is 11.8. The first-order valence-electron chi connectivity index (χ1n) is 6.06. The standard InChI is InChI=1S/C12H16N2O6/c1-5-19-11(17)13-9(15)8(7(3)4)10(16)14(13)12(18)20-6-2/h5-6H2,1-4H3. The molecule has 1 fully saturated rings. The molecule has 20 heavy (non-hydrogen) atoms. The second-order valence-electron chi connectivity index (χ2n) is 4.01. The molecule has 1 aliphatic heterocycles. The fraction of sp³-hybridized carbons (Fsp3) is 0.500. The van der Waals surface area contributed by atoms with Crippen molar-refractivity contribution >= 4 is 24.0 Å². The lowest BCUT2D eigenvalue weighted by Crippen LogP contribution is -2.48. The number of ether oxygens (including phenoxy) is 2. The molecule has 1 saturated heterocycles. The van der Waals surface area contributed by atoms with Crippen LogP contribution in [0.5, 0.6) is 0 Å². The van der Waals surface area contributed by atoms with E-state index in [1.54, 1.807) is 0 Å². The Morgan fingerprint density at radius 3 is 1.50 bits per heavy atom. The quantitative estimate of drug-likeness (QED) is 0.559. The van der Waals surface area contributed by atoms with Gasteiger partial charge in [0.2, 0.25) is 0 Å². The van der Waals surface area contributed by atoms with Crippen molar-refractivity contribution in [2.45, 2.75) is 27.7 Å². The van der Waals surface area contributed by atoms with Crippen molar-refractivity contribution in [2.24, 2.45) is 0 Å². The van der Waals surface area contributed by atoms with Crippen LogP contribution in [0.3, 0.4) is 0 Å². The van der Waals surface area contributed by atoms with Gasteiger partial charge in [-0.3, -0.25) is 9.59 Å². The molecular formula is C12H16N2O6. The Labute approximate surface area is 115 Å². The molecule has 1 heterocycles. The molecule has 1 rings (SSSR count).